The molecule has 0 fully saturated rings. The van der Waals surface area contributed by atoms with Gasteiger partial charge in [-0.15, -0.1) is 11.3 Å². The van der Waals surface area contributed by atoms with Crippen molar-refractivity contribution in [2.24, 2.45) is 5.92 Å². The summed E-state index contributed by atoms with van der Waals surface area (Å²) in [6.45, 7) is 4.67. The molecule has 0 unspecified atom stereocenters. The van der Waals surface area contributed by atoms with E-state index in [4.69, 9.17) is 4.84 Å². The van der Waals surface area contributed by atoms with Crippen LogP contribution in [-0.2, 0) is 17.7 Å². The first-order valence-electron chi connectivity index (χ1n) is 7.20. The number of nitrogens with one attached hydrogen (secondary N) is 1. The van der Waals surface area contributed by atoms with E-state index in [1.165, 1.54) is 36.1 Å². The van der Waals surface area contributed by atoms with Crippen molar-refractivity contribution in [3.8, 4) is 0 Å². The van der Waals surface area contributed by atoms with Crippen molar-refractivity contribution in [1.29, 1.82) is 0 Å². The minimum atomic E-state index is -0.0996. The summed E-state index contributed by atoms with van der Waals surface area (Å²) in [6.07, 6.45) is 7.36. The lowest BCUT2D eigenvalue weighted by Crippen LogP contribution is -2.24. The van der Waals surface area contributed by atoms with E-state index in [9.17, 15) is 4.79 Å². The summed E-state index contributed by atoms with van der Waals surface area (Å²) in [4.78, 5) is 19.4. The third-order valence-corrected chi connectivity index (χ3v) is 4.54. The molecule has 3 nitrogen and oxygen atoms in total. The van der Waals surface area contributed by atoms with Gasteiger partial charge in [-0.05, 0) is 43.2 Å². The Morgan fingerprint density at radius 3 is 2.79 bits per heavy atom. The molecule has 0 aromatic carbocycles. The van der Waals surface area contributed by atoms with Crippen LogP contribution in [0.5, 0.6) is 0 Å². The van der Waals surface area contributed by atoms with Crippen molar-refractivity contribution >= 4 is 17.2 Å². The third kappa shape index (κ3) is 4.32. The van der Waals surface area contributed by atoms with Gasteiger partial charge in [0, 0.05) is 4.88 Å². The number of fused-ring (bicyclic) bond motifs is 1. The highest BCUT2D eigenvalue weighted by molar-refractivity contribution is 7.14. The summed E-state index contributed by atoms with van der Waals surface area (Å²) < 4.78 is 0. The predicted octanol–water partition coefficient (Wildman–Crippen LogP) is 3.72. The average molecular weight is 281 g/mol. The fourth-order valence-electron chi connectivity index (χ4n) is 2.28. The number of amides is 1. The van der Waals surface area contributed by atoms with Crippen molar-refractivity contribution < 1.29 is 9.63 Å². The number of aryl methyl sites for hydroxylation is 2. The molecule has 1 N–H and O–H groups in total. The molecule has 0 saturated carbocycles. The second-order valence-electron chi connectivity index (χ2n) is 5.61. The summed E-state index contributed by atoms with van der Waals surface area (Å²) in [5, 5.41) is 0. The van der Waals surface area contributed by atoms with Gasteiger partial charge in [0.05, 0.1) is 11.5 Å². The summed E-state index contributed by atoms with van der Waals surface area (Å²) in [6, 6.07) is 2.05. The van der Waals surface area contributed by atoms with Crippen LogP contribution in [0.1, 0.15) is 59.6 Å². The van der Waals surface area contributed by atoms with E-state index in [0.29, 0.717) is 12.5 Å². The molecule has 1 aromatic rings. The van der Waals surface area contributed by atoms with Gasteiger partial charge < -0.3 is 0 Å². The number of hydrogen-bond acceptors (Lipinski definition) is 3. The number of hydrogen-bond donors (Lipinski definition) is 1. The molecule has 0 saturated heterocycles. The summed E-state index contributed by atoms with van der Waals surface area (Å²) in [7, 11) is 0. The van der Waals surface area contributed by atoms with Crippen LogP contribution in [-0.4, -0.2) is 12.5 Å². The molecule has 0 atom stereocenters. The molecule has 0 aliphatic heterocycles. The van der Waals surface area contributed by atoms with Crippen LogP contribution in [0.4, 0.5) is 0 Å². The Kier molecular flexibility index (Phi) is 5.40. The molecule has 2 rings (SSSR count). The van der Waals surface area contributed by atoms with Crippen LogP contribution < -0.4 is 5.48 Å². The molecule has 1 amide bonds. The molecule has 4 heteroatoms. The molecule has 19 heavy (non-hydrogen) atoms. The Bertz CT molecular complexity index is 400. The van der Waals surface area contributed by atoms with E-state index in [1.54, 1.807) is 11.3 Å². The lowest BCUT2D eigenvalue weighted by molar-refractivity contribution is 0.0212. The number of rotatable bonds is 4. The maximum Gasteiger partial charge on any atom is 0.284 e. The van der Waals surface area contributed by atoms with E-state index in [-0.39, 0.29) is 5.91 Å². The van der Waals surface area contributed by atoms with Gasteiger partial charge in [-0.25, -0.2) is 5.48 Å². The van der Waals surface area contributed by atoms with Crippen molar-refractivity contribution in [3.05, 3.63) is 21.4 Å². The van der Waals surface area contributed by atoms with Gasteiger partial charge >= 0.3 is 0 Å². The highest BCUT2D eigenvalue weighted by Crippen LogP contribution is 2.28. The quantitative estimate of drug-likeness (QED) is 0.854. The number of hydroxylamine groups is 1. The molecule has 1 aromatic heterocycles. The highest BCUT2D eigenvalue weighted by atomic mass is 32.1. The topological polar surface area (TPSA) is 38.3 Å². The third-order valence-electron chi connectivity index (χ3n) is 3.30. The zero-order valence-electron chi connectivity index (χ0n) is 11.8. The van der Waals surface area contributed by atoms with Crippen LogP contribution >= 0.6 is 11.3 Å². The molecule has 1 aliphatic rings. The molecular weight excluding hydrogens is 258 g/mol. The molecule has 106 valence electrons. The molecule has 0 spiro atoms. The summed E-state index contributed by atoms with van der Waals surface area (Å²) in [5.74, 6) is 0.321. The van der Waals surface area contributed by atoms with Gasteiger partial charge in [0.25, 0.3) is 5.91 Å². The Balaban J connectivity index is 1.96. The van der Waals surface area contributed by atoms with Crippen LogP contribution in [0.25, 0.3) is 0 Å². The monoisotopic (exact) mass is 281 g/mol. The Morgan fingerprint density at radius 2 is 2.05 bits per heavy atom. The molecule has 0 bridgehead atoms. The van der Waals surface area contributed by atoms with E-state index in [0.717, 1.165) is 17.7 Å². The Hall–Kier alpha value is -0.870. The maximum atomic E-state index is 12.0. The zero-order valence-corrected chi connectivity index (χ0v) is 12.6. The minimum absolute atomic E-state index is 0.0996. The largest absolute Gasteiger partial charge is 0.284 e. The van der Waals surface area contributed by atoms with Crippen molar-refractivity contribution in [3.63, 3.8) is 0 Å². The number of carbonyl (C=O) groups is 1. The summed E-state index contributed by atoms with van der Waals surface area (Å²) in [5.41, 5.74) is 3.92. The second kappa shape index (κ2) is 7.06. The van der Waals surface area contributed by atoms with Gasteiger partial charge in [0.2, 0.25) is 0 Å². The minimum Gasteiger partial charge on any atom is -0.273 e. The van der Waals surface area contributed by atoms with Gasteiger partial charge in [-0.3, -0.25) is 9.63 Å². The van der Waals surface area contributed by atoms with Crippen molar-refractivity contribution in [1.82, 2.24) is 5.48 Å². The first kappa shape index (κ1) is 14.5. The number of carbonyl (C=O) groups excluding carboxylic acids is 1. The van der Waals surface area contributed by atoms with Gasteiger partial charge in [0.15, 0.2) is 0 Å². The second-order valence-corrected chi connectivity index (χ2v) is 6.75. The lowest BCUT2D eigenvalue weighted by Gasteiger charge is -2.07. The Morgan fingerprint density at radius 1 is 1.32 bits per heavy atom. The molecule has 1 heterocycles. The smallest absolute Gasteiger partial charge is 0.273 e. The van der Waals surface area contributed by atoms with Crippen LogP contribution in [0, 0.1) is 5.92 Å². The Labute approximate surface area is 119 Å². The van der Waals surface area contributed by atoms with Crippen LogP contribution in [0.3, 0.4) is 0 Å². The fourth-order valence-corrected chi connectivity index (χ4v) is 3.42. The lowest BCUT2D eigenvalue weighted by atomic mass is 10.00. The summed E-state index contributed by atoms with van der Waals surface area (Å²) >= 11 is 1.63. The zero-order chi connectivity index (χ0) is 13.7. The number of thiophene rings is 1. The fraction of sp³-hybridized carbons (Fsp3) is 0.667. The first-order chi connectivity index (χ1) is 9.16. The van der Waals surface area contributed by atoms with Gasteiger partial charge in [-0.2, -0.15) is 0 Å². The van der Waals surface area contributed by atoms with Crippen molar-refractivity contribution in [2.75, 3.05) is 6.61 Å². The maximum absolute atomic E-state index is 12.0. The van der Waals surface area contributed by atoms with E-state index < -0.39 is 0 Å². The molecule has 0 radical (unpaired) electrons. The normalized spacial score (nSPS) is 15.7. The van der Waals surface area contributed by atoms with Crippen molar-refractivity contribution in [2.45, 2.75) is 52.4 Å². The van der Waals surface area contributed by atoms with E-state index in [1.807, 2.05) is 0 Å². The molecule has 1 aliphatic carbocycles. The SMILES string of the molecule is CC(C)CONC(=O)c1cc2c(s1)CCCCCC2. The highest BCUT2D eigenvalue weighted by Gasteiger charge is 2.16. The van der Waals surface area contributed by atoms with Gasteiger partial charge in [0.1, 0.15) is 0 Å². The van der Waals surface area contributed by atoms with E-state index in [2.05, 4.69) is 25.4 Å². The van der Waals surface area contributed by atoms with Crippen LogP contribution in [0.2, 0.25) is 0 Å². The molecular formula is C15H23NO2S. The first-order valence-corrected chi connectivity index (χ1v) is 8.02. The van der Waals surface area contributed by atoms with Crippen LogP contribution in [0.15, 0.2) is 6.07 Å². The van der Waals surface area contributed by atoms with E-state index >= 15 is 0 Å². The standard InChI is InChI=1S/C15H23NO2S/c1-11(2)10-18-16-15(17)14-9-12-7-5-3-4-6-8-13(12)19-14/h9,11H,3-8,10H2,1-2H3,(H,16,17). The predicted molar refractivity (Wildman–Crippen MR) is 78.5 cm³/mol. The average Bonchev–Trinajstić information content (AvgIpc) is 2.71. The van der Waals surface area contributed by atoms with Gasteiger partial charge in [-0.1, -0.05) is 26.7 Å².